The zero-order chi connectivity index (χ0) is 17.9. The van der Waals surface area contributed by atoms with Gasteiger partial charge in [-0.1, -0.05) is 12.1 Å². The van der Waals surface area contributed by atoms with Gasteiger partial charge in [-0.2, -0.15) is 0 Å². The molecule has 1 heterocycles. The van der Waals surface area contributed by atoms with Crippen LogP contribution in [0.3, 0.4) is 0 Å². The quantitative estimate of drug-likeness (QED) is 0.886. The van der Waals surface area contributed by atoms with Gasteiger partial charge in [-0.05, 0) is 67.8 Å². The van der Waals surface area contributed by atoms with Gasteiger partial charge in [-0.3, -0.25) is 4.79 Å². The van der Waals surface area contributed by atoms with Gasteiger partial charge < -0.3 is 11.1 Å². The van der Waals surface area contributed by atoms with Crippen molar-refractivity contribution in [3.05, 3.63) is 29.7 Å². The molecule has 136 valence electrons. The van der Waals surface area contributed by atoms with E-state index >= 15 is 0 Å². The van der Waals surface area contributed by atoms with Crippen LogP contribution in [0.4, 0.5) is 10.3 Å². The van der Waals surface area contributed by atoms with Crippen molar-refractivity contribution in [1.82, 2.24) is 15.3 Å². The van der Waals surface area contributed by atoms with Gasteiger partial charge in [0.1, 0.15) is 17.0 Å². The first-order chi connectivity index (χ1) is 12.5. The first-order valence-corrected chi connectivity index (χ1v) is 9.51. The molecule has 0 spiro atoms. The smallest absolute Gasteiger partial charge is 0.270 e. The van der Waals surface area contributed by atoms with Crippen LogP contribution in [-0.4, -0.2) is 22.4 Å². The number of fused-ring (bicyclic) bond motifs is 1. The predicted octanol–water partition coefficient (Wildman–Crippen LogP) is 3.30. The monoisotopic (exact) mass is 354 g/mol. The Morgan fingerprint density at radius 3 is 2.46 bits per heavy atom. The zero-order valence-corrected chi connectivity index (χ0v) is 14.7. The Morgan fingerprint density at radius 1 is 1.15 bits per heavy atom. The number of para-hydroxylation sites is 1. The van der Waals surface area contributed by atoms with Crippen LogP contribution in [0.2, 0.25) is 0 Å². The number of carbonyl (C=O) groups excluding carboxylic acids is 1. The van der Waals surface area contributed by atoms with Crippen molar-refractivity contribution in [2.45, 2.75) is 38.5 Å². The summed E-state index contributed by atoms with van der Waals surface area (Å²) in [5, 5.41) is 3.49. The van der Waals surface area contributed by atoms with Crippen LogP contribution < -0.4 is 11.1 Å². The molecule has 4 aliphatic carbocycles. The van der Waals surface area contributed by atoms with Gasteiger partial charge in [0.2, 0.25) is 5.95 Å². The number of aromatic nitrogens is 2. The molecule has 0 saturated heterocycles. The standard InChI is InChI=1S/C20H23FN4O/c21-15-3-1-2-14-16(15)24-19(22)25-17(14)18(26)23-10-20-7-11-4-12(8-20)6-13(5-11)9-20/h1-3,11-13H,4-10H2,(H,23,26)(H2,22,24,25). The molecule has 3 N–H and O–H groups in total. The number of nitrogens with zero attached hydrogens (tertiary/aromatic N) is 2. The number of anilines is 1. The first-order valence-electron chi connectivity index (χ1n) is 9.51. The number of rotatable bonds is 3. The highest BCUT2D eigenvalue weighted by Crippen LogP contribution is 2.59. The highest BCUT2D eigenvalue weighted by molar-refractivity contribution is 6.04. The molecule has 1 amide bonds. The molecule has 6 rings (SSSR count). The van der Waals surface area contributed by atoms with E-state index in [-0.39, 0.29) is 28.5 Å². The average Bonchev–Trinajstić information content (AvgIpc) is 2.59. The lowest BCUT2D eigenvalue weighted by molar-refractivity contribution is -0.0503. The molecule has 0 aliphatic heterocycles. The summed E-state index contributed by atoms with van der Waals surface area (Å²) in [6.07, 6.45) is 7.79. The summed E-state index contributed by atoms with van der Waals surface area (Å²) in [6.45, 7) is 0.677. The molecule has 26 heavy (non-hydrogen) atoms. The average molecular weight is 354 g/mol. The van der Waals surface area contributed by atoms with E-state index in [2.05, 4.69) is 15.3 Å². The van der Waals surface area contributed by atoms with Gasteiger partial charge in [0.25, 0.3) is 5.91 Å². The van der Waals surface area contributed by atoms with Crippen molar-refractivity contribution in [2.75, 3.05) is 12.3 Å². The highest BCUT2D eigenvalue weighted by atomic mass is 19.1. The van der Waals surface area contributed by atoms with Crippen LogP contribution in [0.5, 0.6) is 0 Å². The molecule has 4 fully saturated rings. The number of hydrogen-bond donors (Lipinski definition) is 2. The fourth-order valence-corrected chi connectivity index (χ4v) is 6.17. The molecule has 0 atom stereocenters. The second-order valence-electron chi connectivity index (χ2n) is 8.67. The molecule has 0 radical (unpaired) electrons. The maximum atomic E-state index is 14.0. The van der Waals surface area contributed by atoms with Crippen molar-refractivity contribution in [1.29, 1.82) is 0 Å². The fourth-order valence-electron chi connectivity index (χ4n) is 6.17. The number of benzene rings is 1. The fraction of sp³-hybridized carbons (Fsp3) is 0.550. The summed E-state index contributed by atoms with van der Waals surface area (Å²) in [7, 11) is 0. The Labute approximate surface area is 151 Å². The second kappa shape index (κ2) is 5.63. The van der Waals surface area contributed by atoms with Gasteiger partial charge in [-0.25, -0.2) is 14.4 Å². The van der Waals surface area contributed by atoms with Crippen molar-refractivity contribution in [3.8, 4) is 0 Å². The third-order valence-electron chi connectivity index (χ3n) is 6.70. The molecule has 0 unspecified atom stereocenters. The minimum absolute atomic E-state index is 0.0810. The maximum absolute atomic E-state index is 14.0. The van der Waals surface area contributed by atoms with E-state index in [1.54, 1.807) is 12.1 Å². The first kappa shape index (κ1) is 16.0. The van der Waals surface area contributed by atoms with E-state index in [0.29, 0.717) is 11.9 Å². The molecule has 4 saturated carbocycles. The van der Waals surface area contributed by atoms with E-state index < -0.39 is 5.82 Å². The van der Waals surface area contributed by atoms with Crippen LogP contribution in [0.15, 0.2) is 18.2 Å². The Balaban J connectivity index is 1.40. The van der Waals surface area contributed by atoms with E-state index in [4.69, 9.17) is 5.73 Å². The summed E-state index contributed by atoms with van der Waals surface area (Å²) < 4.78 is 14.0. The summed E-state index contributed by atoms with van der Waals surface area (Å²) >= 11 is 0. The Kier molecular flexibility index (Phi) is 3.46. The molecule has 2 aromatic rings. The lowest BCUT2D eigenvalue weighted by Crippen LogP contribution is -2.51. The van der Waals surface area contributed by atoms with Crippen LogP contribution in [-0.2, 0) is 0 Å². The normalized spacial score (nSPS) is 32.1. The lowest BCUT2D eigenvalue weighted by atomic mass is 9.49. The van der Waals surface area contributed by atoms with Gasteiger partial charge in [0.05, 0.1) is 0 Å². The summed E-state index contributed by atoms with van der Waals surface area (Å²) in [5.74, 6) is 1.65. The summed E-state index contributed by atoms with van der Waals surface area (Å²) in [4.78, 5) is 20.9. The molecule has 4 aliphatic rings. The van der Waals surface area contributed by atoms with Gasteiger partial charge in [0, 0.05) is 11.9 Å². The largest absolute Gasteiger partial charge is 0.368 e. The molecule has 6 heteroatoms. The number of hydrogen-bond acceptors (Lipinski definition) is 4. The number of nitrogens with one attached hydrogen (secondary N) is 1. The molecular weight excluding hydrogens is 331 g/mol. The van der Waals surface area contributed by atoms with Crippen LogP contribution in [0.1, 0.15) is 49.0 Å². The molecular formula is C20H23FN4O. The summed E-state index contributed by atoms with van der Waals surface area (Å²) in [6, 6.07) is 4.54. The van der Waals surface area contributed by atoms with Crippen LogP contribution in [0, 0.1) is 29.0 Å². The third-order valence-corrected chi connectivity index (χ3v) is 6.70. The minimum Gasteiger partial charge on any atom is -0.368 e. The molecule has 4 bridgehead atoms. The van der Waals surface area contributed by atoms with Gasteiger partial charge >= 0.3 is 0 Å². The highest BCUT2D eigenvalue weighted by Gasteiger charge is 2.50. The number of carbonyl (C=O) groups is 1. The van der Waals surface area contributed by atoms with Crippen molar-refractivity contribution in [2.24, 2.45) is 23.2 Å². The number of nitrogens with two attached hydrogens (primary N) is 1. The van der Waals surface area contributed by atoms with E-state index in [0.717, 1.165) is 17.8 Å². The Hall–Kier alpha value is -2.24. The number of halogens is 1. The maximum Gasteiger partial charge on any atom is 0.270 e. The number of nitrogen functional groups attached to an aromatic ring is 1. The Morgan fingerprint density at radius 2 is 1.81 bits per heavy atom. The topological polar surface area (TPSA) is 80.9 Å². The minimum atomic E-state index is -0.494. The Bertz CT molecular complexity index is 861. The molecule has 1 aromatic heterocycles. The molecule has 1 aromatic carbocycles. The van der Waals surface area contributed by atoms with Crippen molar-refractivity contribution in [3.63, 3.8) is 0 Å². The third kappa shape index (κ3) is 2.54. The summed E-state index contributed by atoms with van der Waals surface area (Å²) in [5.41, 5.74) is 6.21. The van der Waals surface area contributed by atoms with E-state index in [1.807, 2.05) is 0 Å². The van der Waals surface area contributed by atoms with E-state index in [1.165, 1.54) is 44.6 Å². The van der Waals surface area contributed by atoms with Crippen molar-refractivity contribution < 1.29 is 9.18 Å². The van der Waals surface area contributed by atoms with Crippen LogP contribution >= 0.6 is 0 Å². The van der Waals surface area contributed by atoms with Crippen LogP contribution in [0.25, 0.3) is 10.9 Å². The van der Waals surface area contributed by atoms with Gasteiger partial charge in [0.15, 0.2) is 0 Å². The molecule has 5 nitrogen and oxygen atoms in total. The SMILES string of the molecule is Nc1nc(C(=O)NCC23CC4CC(CC(C4)C2)C3)c2cccc(F)c2n1. The number of amides is 1. The van der Waals surface area contributed by atoms with Gasteiger partial charge in [-0.15, -0.1) is 0 Å². The van der Waals surface area contributed by atoms with E-state index in [9.17, 15) is 9.18 Å². The predicted molar refractivity (Wildman–Crippen MR) is 96.8 cm³/mol. The lowest BCUT2D eigenvalue weighted by Gasteiger charge is -2.56. The zero-order valence-electron chi connectivity index (χ0n) is 14.7. The van der Waals surface area contributed by atoms with Crippen molar-refractivity contribution >= 4 is 22.8 Å². The second-order valence-corrected chi connectivity index (χ2v) is 8.67.